The maximum absolute atomic E-state index is 13.2. The van der Waals surface area contributed by atoms with Crippen molar-refractivity contribution in [3.63, 3.8) is 0 Å². The fourth-order valence-electron chi connectivity index (χ4n) is 4.99. The number of benzene rings is 4. The first-order valence-electron chi connectivity index (χ1n) is 14.8. The van der Waals surface area contributed by atoms with Gasteiger partial charge in [-0.1, -0.05) is 66.2 Å². The van der Waals surface area contributed by atoms with Gasteiger partial charge in [0, 0.05) is 47.1 Å². The van der Waals surface area contributed by atoms with Crippen LogP contribution < -0.4 is 27.4 Å². The zero-order valence-electron chi connectivity index (χ0n) is 25.4. The van der Waals surface area contributed by atoms with Crippen molar-refractivity contribution >= 4 is 40.6 Å². The summed E-state index contributed by atoms with van der Waals surface area (Å²) in [5.74, 6) is -0.783. The third-order valence-electron chi connectivity index (χ3n) is 7.17. The summed E-state index contributed by atoms with van der Waals surface area (Å²) in [4.78, 5) is 26.3. The lowest BCUT2D eigenvalue weighted by molar-refractivity contribution is -0.120. The molecule has 9 N–H and O–H groups in total. The Bertz CT molecular complexity index is 1670. The highest BCUT2D eigenvalue weighted by molar-refractivity contribution is 6.34. The number of carbonyl (C=O) groups is 2. The van der Waals surface area contributed by atoms with E-state index in [0.717, 1.165) is 18.4 Å². The fourth-order valence-corrected chi connectivity index (χ4v) is 5.32. The number of amidine groups is 1. The van der Waals surface area contributed by atoms with E-state index in [4.69, 9.17) is 28.5 Å². The number of nitrogens with one attached hydrogen (secondary N) is 4. The van der Waals surface area contributed by atoms with Crippen molar-refractivity contribution in [3.05, 3.63) is 112 Å². The maximum atomic E-state index is 13.2. The highest BCUT2D eigenvalue weighted by Gasteiger charge is 2.22. The van der Waals surface area contributed by atoms with Crippen LogP contribution >= 0.6 is 11.6 Å². The lowest BCUT2D eigenvalue weighted by Gasteiger charge is -2.20. The van der Waals surface area contributed by atoms with Gasteiger partial charge >= 0.3 is 0 Å². The average molecular weight is 627 g/mol. The minimum Gasteiger partial charge on any atom is -0.505 e. The van der Waals surface area contributed by atoms with Crippen LogP contribution in [0.1, 0.15) is 52.9 Å². The number of amides is 2. The van der Waals surface area contributed by atoms with Crippen LogP contribution in [0, 0.1) is 5.41 Å². The van der Waals surface area contributed by atoms with Crippen molar-refractivity contribution in [2.24, 2.45) is 5.73 Å². The Morgan fingerprint density at radius 3 is 2.31 bits per heavy atom. The van der Waals surface area contributed by atoms with Gasteiger partial charge in [0.2, 0.25) is 5.91 Å². The summed E-state index contributed by atoms with van der Waals surface area (Å²) in [6.45, 7) is 4.57. The molecule has 0 radical (unpaired) electrons. The molecule has 2 amide bonds. The predicted octanol–water partition coefficient (Wildman–Crippen LogP) is 5.62. The van der Waals surface area contributed by atoms with E-state index in [9.17, 15) is 14.7 Å². The molecule has 0 aliphatic carbocycles. The van der Waals surface area contributed by atoms with Crippen LogP contribution in [0.15, 0.2) is 78.9 Å². The van der Waals surface area contributed by atoms with Gasteiger partial charge in [0.1, 0.15) is 11.6 Å². The topological polar surface area (TPSA) is 166 Å². The Kier molecular flexibility index (Phi) is 11.0. The molecule has 0 aromatic heterocycles. The molecule has 4 aromatic rings. The summed E-state index contributed by atoms with van der Waals surface area (Å²) in [7, 11) is 0. The van der Waals surface area contributed by atoms with E-state index in [1.807, 2.05) is 32.0 Å². The number of halogens is 1. The molecule has 9 nitrogen and oxygen atoms in total. The first-order valence-corrected chi connectivity index (χ1v) is 15.1. The Morgan fingerprint density at radius 2 is 1.64 bits per heavy atom. The molecule has 234 valence electrons. The van der Waals surface area contributed by atoms with Crippen LogP contribution in [-0.4, -0.2) is 35.3 Å². The van der Waals surface area contributed by atoms with Gasteiger partial charge in [-0.3, -0.25) is 15.0 Å². The Balaban J connectivity index is 1.57. The van der Waals surface area contributed by atoms with Crippen LogP contribution in [0.5, 0.6) is 5.75 Å². The number of aromatic hydroxyl groups is 1. The Morgan fingerprint density at radius 1 is 0.933 bits per heavy atom. The van der Waals surface area contributed by atoms with Gasteiger partial charge in [-0.25, -0.2) is 0 Å². The summed E-state index contributed by atoms with van der Waals surface area (Å²) < 4.78 is 0. The molecule has 0 heterocycles. The van der Waals surface area contributed by atoms with Gasteiger partial charge in [0.05, 0.1) is 17.1 Å². The molecule has 0 spiro atoms. The highest BCUT2D eigenvalue weighted by Crippen LogP contribution is 2.43. The molecular weight excluding hydrogens is 588 g/mol. The summed E-state index contributed by atoms with van der Waals surface area (Å²) >= 11 is 6.81. The van der Waals surface area contributed by atoms with Crippen LogP contribution in [0.2, 0.25) is 5.02 Å². The third-order valence-corrected chi connectivity index (χ3v) is 7.46. The minimum absolute atomic E-state index is 0.0120. The van der Waals surface area contributed by atoms with E-state index < -0.39 is 0 Å². The highest BCUT2D eigenvalue weighted by atomic mass is 35.5. The SMILES string of the molecule is CC(C)Nc1cc(Cl)c(-c2cc(N)cc(C(=O)NCCCc3ccccc3)c2)c(CC(=O)NCc2ccc(C(=N)N)cc2)c1O. The number of nitrogen functional groups attached to an aromatic ring is 2. The molecule has 0 aliphatic rings. The summed E-state index contributed by atoms with van der Waals surface area (Å²) in [6, 6.07) is 23.6. The molecule has 45 heavy (non-hydrogen) atoms. The lowest BCUT2D eigenvalue weighted by atomic mass is 9.93. The van der Waals surface area contributed by atoms with E-state index in [2.05, 4.69) is 28.1 Å². The van der Waals surface area contributed by atoms with Crippen LogP contribution in [0.4, 0.5) is 11.4 Å². The molecule has 0 aliphatic heterocycles. The van der Waals surface area contributed by atoms with Crippen molar-refractivity contribution in [1.29, 1.82) is 5.41 Å². The number of hydrogen-bond donors (Lipinski definition) is 7. The molecule has 0 saturated heterocycles. The summed E-state index contributed by atoms with van der Waals surface area (Å²) in [5.41, 5.74) is 16.7. The molecule has 0 saturated carbocycles. The molecular formula is C35H39ClN6O3. The third kappa shape index (κ3) is 9.00. The zero-order valence-corrected chi connectivity index (χ0v) is 26.2. The standard InChI is InChI=1S/C35H39ClN6O3/c1-21(2)42-30-19-29(36)32(28(33(30)44)18-31(43)41-20-23-10-12-24(13-11-23)34(38)39)25-15-26(17-27(37)16-25)35(45)40-14-6-9-22-7-4-3-5-8-22/h3-5,7-8,10-13,15-17,19,21,42,44H,6,9,14,18,20,37H2,1-2H3,(H3,38,39)(H,40,45)(H,41,43). The van der Waals surface area contributed by atoms with E-state index in [1.165, 1.54) is 5.56 Å². The molecule has 0 fully saturated rings. The number of rotatable bonds is 13. The summed E-state index contributed by atoms with van der Waals surface area (Å²) in [6.07, 6.45) is 1.43. The van der Waals surface area contributed by atoms with Crippen molar-refractivity contribution < 1.29 is 14.7 Å². The Hall–Kier alpha value is -5.02. The van der Waals surface area contributed by atoms with Gasteiger partial charge < -0.3 is 32.5 Å². The molecule has 0 bridgehead atoms. The van der Waals surface area contributed by atoms with Gasteiger partial charge in [-0.05, 0) is 67.6 Å². The minimum atomic E-state index is -0.347. The van der Waals surface area contributed by atoms with E-state index >= 15 is 0 Å². The summed E-state index contributed by atoms with van der Waals surface area (Å²) in [5, 5.41) is 28.2. The van der Waals surface area contributed by atoms with E-state index in [-0.39, 0.29) is 42.4 Å². The maximum Gasteiger partial charge on any atom is 0.251 e. The number of phenols is 1. The smallest absolute Gasteiger partial charge is 0.251 e. The van der Waals surface area contributed by atoms with Crippen molar-refractivity contribution in [1.82, 2.24) is 10.6 Å². The molecule has 0 unspecified atom stereocenters. The van der Waals surface area contributed by atoms with Crippen molar-refractivity contribution in [2.75, 3.05) is 17.6 Å². The predicted molar refractivity (Wildman–Crippen MR) is 182 cm³/mol. The monoisotopic (exact) mass is 626 g/mol. The second-order valence-electron chi connectivity index (χ2n) is 11.2. The normalized spacial score (nSPS) is 10.8. The van der Waals surface area contributed by atoms with Crippen LogP contribution in [0.25, 0.3) is 11.1 Å². The van der Waals surface area contributed by atoms with Gasteiger partial charge in [0.15, 0.2) is 0 Å². The van der Waals surface area contributed by atoms with Crippen molar-refractivity contribution in [2.45, 2.75) is 45.7 Å². The van der Waals surface area contributed by atoms with E-state index in [0.29, 0.717) is 50.8 Å². The molecule has 4 aromatic carbocycles. The molecule has 4 rings (SSSR count). The quantitative estimate of drug-likeness (QED) is 0.0334. The zero-order chi connectivity index (χ0) is 32.5. The van der Waals surface area contributed by atoms with E-state index in [1.54, 1.807) is 48.5 Å². The Labute approximate surface area is 268 Å². The number of nitrogens with two attached hydrogens (primary N) is 2. The second kappa shape index (κ2) is 15.1. The molecule has 0 atom stereocenters. The number of carbonyl (C=O) groups excluding carboxylic acids is 2. The number of hydrogen-bond acceptors (Lipinski definition) is 6. The number of anilines is 2. The largest absolute Gasteiger partial charge is 0.505 e. The van der Waals surface area contributed by atoms with Crippen LogP contribution in [0.3, 0.4) is 0 Å². The average Bonchev–Trinajstić information content (AvgIpc) is 3.00. The number of aryl methyl sites for hydroxylation is 1. The fraction of sp³-hybridized carbons (Fsp3) is 0.229. The first kappa shape index (κ1) is 32.9. The first-order chi connectivity index (χ1) is 21.5. The van der Waals surface area contributed by atoms with Gasteiger partial charge in [-0.2, -0.15) is 0 Å². The lowest BCUT2D eigenvalue weighted by Crippen LogP contribution is -2.25. The molecule has 10 heteroatoms. The van der Waals surface area contributed by atoms with Crippen molar-refractivity contribution in [3.8, 4) is 16.9 Å². The number of phenolic OH excluding ortho intramolecular Hbond substituents is 1. The van der Waals surface area contributed by atoms with Gasteiger partial charge in [0.25, 0.3) is 5.91 Å². The van der Waals surface area contributed by atoms with Gasteiger partial charge in [-0.15, -0.1) is 0 Å². The van der Waals surface area contributed by atoms with Crippen LogP contribution in [-0.2, 0) is 24.2 Å². The second-order valence-corrected chi connectivity index (χ2v) is 11.6.